The van der Waals surface area contributed by atoms with E-state index in [1.807, 2.05) is 60.7 Å². The molecule has 9 nitrogen and oxygen atoms in total. The van der Waals surface area contributed by atoms with Gasteiger partial charge < -0.3 is 18.6 Å². The van der Waals surface area contributed by atoms with Gasteiger partial charge in [0.25, 0.3) is 0 Å². The number of benzene rings is 3. The van der Waals surface area contributed by atoms with Gasteiger partial charge in [-0.2, -0.15) is 0 Å². The van der Waals surface area contributed by atoms with Crippen LogP contribution in [0.1, 0.15) is 29.5 Å². The first-order chi connectivity index (χ1) is 20.0. The Morgan fingerprint density at radius 2 is 1.85 bits per heavy atom. The molecule has 3 aromatic heterocycles. The first kappa shape index (κ1) is 24.1. The Morgan fingerprint density at radius 3 is 2.73 bits per heavy atom. The lowest BCUT2D eigenvalue weighted by atomic mass is 9.78. The van der Waals surface area contributed by atoms with Crippen LogP contribution in [0.15, 0.2) is 86.7 Å². The monoisotopic (exact) mass is 608 g/mol. The lowest BCUT2D eigenvalue weighted by Crippen LogP contribution is -2.26. The third-order valence-corrected chi connectivity index (χ3v) is 8.20. The minimum atomic E-state index is -0.443. The third kappa shape index (κ3) is 3.89. The Labute approximate surface area is 241 Å². The van der Waals surface area contributed by atoms with Crippen LogP contribution < -0.4 is 19.8 Å². The van der Waals surface area contributed by atoms with Gasteiger partial charge in [-0.25, -0.2) is 19.3 Å². The van der Waals surface area contributed by atoms with Crippen molar-refractivity contribution >= 4 is 32.5 Å². The van der Waals surface area contributed by atoms with Crippen LogP contribution in [0.2, 0.25) is 0 Å². The van der Waals surface area contributed by atoms with Crippen LogP contribution in [-0.2, 0) is 6.42 Å². The van der Waals surface area contributed by atoms with E-state index in [0.29, 0.717) is 57.4 Å². The van der Waals surface area contributed by atoms with Crippen molar-refractivity contribution < 1.29 is 18.6 Å². The topological polar surface area (TPSA) is 101 Å². The van der Waals surface area contributed by atoms with Crippen molar-refractivity contribution in [1.82, 2.24) is 19.6 Å². The molecule has 10 heteroatoms. The van der Waals surface area contributed by atoms with Crippen molar-refractivity contribution in [2.24, 2.45) is 5.92 Å². The van der Waals surface area contributed by atoms with Crippen molar-refractivity contribution in [2.75, 3.05) is 6.79 Å². The van der Waals surface area contributed by atoms with Gasteiger partial charge in [-0.1, -0.05) is 53.2 Å². The van der Waals surface area contributed by atoms with Gasteiger partial charge in [0.2, 0.25) is 12.7 Å². The molecule has 6 aromatic rings. The zero-order chi connectivity index (χ0) is 27.7. The van der Waals surface area contributed by atoms with E-state index in [2.05, 4.69) is 27.8 Å². The summed E-state index contributed by atoms with van der Waals surface area (Å²) in [6.07, 6.45) is 2.24. The lowest BCUT2D eigenvalue weighted by Gasteiger charge is -2.31. The van der Waals surface area contributed by atoms with Gasteiger partial charge in [-0.05, 0) is 54.3 Å². The number of fused-ring (bicyclic) bond motifs is 7. The minimum Gasteiger partial charge on any atom is -0.454 e. The Balaban J connectivity index is 1.32. The van der Waals surface area contributed by atoms with Gasteiger partial charge in [0.05, 0.1) is 16.5 Å². The van der Waals surface area contributed by atoms with Gasteiger partial charge in [0.1, 0.15) is 11.9 Å². The highest BCUT2D eigenvalue weighted by Gasteiger charge is 2.39. The number of hydrogen-bond donors (Lipinski definition) is 0. The molecule has 0 N–H and O–H groups in total. The molecule has 0 radical (unpaired) electrons. The summed E-state index contributed by atoms with van der Waals surface area (Å²) in [5, 5.41) is 5.42. The molecule has 2 aliphatic rings. The molecule has 0 saturated carbocycles. The first-order valence-corrected chi connectivity index (χ1v) is 14.0. The molecule has 0 saturated heterocycles. The van der Waals surface area contributed by atoms with E-state index in [-0.39, 0.29) is 12.7 Å². The van der Waals surface area contributed by atoms with Crippen LogP contribution in [0.4, 0.5) is 0 Å². The van der Waals surface area contributed by atoms with Crippen molar-refractivity contribution in [3.8, 4) is 34.5 Å². The minimum absolute atomic E-state index is 0.0818. The Bertz CT molecular complexity index is 2050. The summed E-state index contributed by atoms with van der Waals surface area (Å²) in [5.41, 5.74) is 3.66. The van der Waals surface area contributed by atoms with Gasteiger partial charge >= 0.3 is 5.63 Å². The van der Waals surface area contributed by atoms with Crippen LogP contribution in [0, 0.1) is 5.92 Å². The average Bonchev–Trinajstić information content (AvgIpc) is 3.63. The summed E-state index contributed by atoms with van der Waals surface area (Å²) in [7, 11) is 0. The summed E-state index contributed by atoms with van der Waals surface area (Å²) in [5.74, 6) is 2.35. The molecular weight excluding hydrogens is 588 g/mol. The van der Waals surface area contributed by atoms with Crippen LogP contribution in [0.25, 0.3) is 28.0 Å². The quantitative estimate of drug-likeness (QED) is 0.209. The zero-order valence-electron chi connectivity index (χ0n) is 21.7. The van der Waals surface area contributed by atoms with E-state index in [0.717, 1.165) is 21.3 Å². The van der Waals surface area contributed by atoms with Crippen LogP contribution in [0.5, 0.6) is 23.1 Å². The second kappa shape index (κ2) is 9.17. The fourth-order valence-electron chi connectivity index (χ4n) is 5.82. The maximum atomic E-state index is 13.7. The molecule has 5 heterocycles. The molecule has 8 rings (SSSR count). The fourth-order valence-corrected chi connectivity index (χ4v) is 6.08. The summed E-state index contributed by atoms with van der Waals surface area (Å²) in [4.78, 5) is 23.2. The molecule has 41 heavy (non-hydrogen) atoms. The van der Waals surface area contributed by atoms with Gasteiger partial charge in [0.15, 0.2) is 28.7 Å². The molecule has 2 unspecified atom stereocenters. The smallest absolute Gasteiger partial charge is 0.343 e. The SMILES string of the molecule is CC(Cc1ccc2c(c1)OCO2)C1c2c(c3ccccc3oc2=O)Oc2ncn3nc(-c4ccc(Br)cc4)nc3c21. The number of hydrogen-bond acceptors (Lipinski definition) is 8. The van der Waals surface area contributed by atoms with E-state index >= 15 is 0 Å². The van der Waals surface area contributed by atoms with Crippen molar-refractivity contribution in [3.63, 3.8) is 0 Å². The van der Waals surface area contributed by atoms with Gasteiger partial charge in [-0.3, -0.25) is 0 Å². The maximum absolute atomic E-state index is 13.7. The third-order valence-electron chi connectivity index (χ3n) is 7.67. The van der Waals surface area contributed by atoms with Crippen molar-refractivity contribution in [2.45, 2.75) is 19.3 Å². The Morgan fingerprint density at radius 1 is 1.02 bits per heavy atom. The largest absolute Gasteiger partial charge is 0.454 e. The molecule has 0 fully saturated rings. The number of rotatable bonds is 4. The van der Waals surface area contributed by atoms with Crippen LogP contribution >= 0.6 is 15.9 Å². The summed E-state index contributed by atoms with van der Waals surface area (Å²) in [6, 6.07) is 21.1. The van der Waals surface area contributed by atoms with E-state index in [1.54, 1.807) is 16.9 Å². The zero-order valence-corrected chi connectivity index (χ0v) is 23.3. The van der Waals surface area contributed by atoms with Crippen LogP contribution in [0.3, 0.4) is 0 Å². The highest BCUT2D eigenvalue weighted by atomic mass is 79.9. The predicted molar refractivity (Wildman–Crippen MR) is 154 cm³/mol. The standard InChI is InChI=1S/C31H21BrN4O5/c1-16(12-17-6-11-22-23(13-17)39-15-38-22)24-25-27(20-4-2-3-5-21(20)40-31(25)37)41-30-26(24)29-34-28(35-36(29)14-33-30)18-7-9-19(32)10-8-18/h2-11,13-14,16,24H,12,15H2,1H3. The predicted octanol–water partition coefficient (Wildman–Crippen LogP) is 6.51. The van der Waals surface area contributed by atoms with Crippen molar-refractivity contribution in [1.29, 1.82) is 0 Å². The van der Waals surface area contributed by atoms with E-state index in [9.17, 15) is 4.79 Å². The average molecular weight is 609 g/mol. The first-order valence-electron chi connectivity index (χ1n) is 13.2. The number of halogens is 1. The highest BCUT2D eigenvalue weighted by Crippen LogP contribution is 2.49. The molecule has 0 aliphatic carbocycles. The molecule has 0 amide bonds. The maximum Gasteiger partial charge on any atom is 0.343 e. The normalized spacial score (nSPS) is 15.9. The number of aromatic nitrogens is 4. The Kier molecular flexibility index (Phi) is 5.40. The van der Waals surface area contributed by atoms with Gasteiger partial charge in [-0.15, -0.1) is 5.10 Å². The van der Waals surface area contributed by atoms with E-state index in [1.165, 1.54) is 0 Å². The number of nitrogens with zero attached hydrogens (tertiary/aromatic N) is 4. The second-order valence-electron chi connectivity index (χ2n) is 10.3. The second-order valence-corrected chi connectivity index (χ2v) is 11.2. The molecule has 202 valence electrons. The van der Waals surface area contributed by atoms with Crippen molar-refractivity contribution in [3.05, 3.63) is 105 Å². The number of para-hydroxylation sites is 1. The van der Waals surface area contributed by atoms with Gasteiger partial charge in [0, 0.05) is 16.0 Å². The molecule has 0 bridgehead atoms. The fraction of sp³-hybridized carbons (Fsp3) is 0.161. The Hall–Kier alpha value is -4.70. The highest BCUT2D eigenvalue weighted by molar-refractivity contribution is 9.10. The molecule has 0 spiro atoms. The number of ether oxygens (including phenoxy) is 3. The molecule has 2 aliphatic heterocycles. The van der Waals surface area contributed by atoms with E-state index in [4.69, 9.17) is 28.7 Å². The van der Waals surface area contributed by atoms with E-state index < -0.39 is 11.5 Å². The molecule has 3 aromatic carbocycles. The lowest BCUT2D eigenvalue weighted by molar-refractivity contribution is 0.174. The van der Waals surface area contributed by atoms with Crippen LogP contribution in [-0.4, -0.2) is 26.4 Å². The summed E-state index contributed by atoms with van der Waals surface area (Å²) >= 11 is 3.48. The molecule has 2 atom stereocenters. The molecular formula is C31H21BrN4O5. The summed E-state index contributed by atoms with van der Waals surface area (Å²) < 4.78 is 26.0. The summed E-state index contributed by atoms with van der Waals surface area (Å²) in [6.45, 7) is 2.32.